The third-order valence-corrected chi connectivity index (χ3v) is 5.02. The van der Waals surface area contributed by atoms with Crippen LogP contribution in [0.2, 0.25) is 12.1 Å². The lowest BCUT2D eigenvalue weighted by Crippen LogP contribution is -2.18. The van der Waals surface area contributed by atoms with Gasteiger partial charge in [0.1, 0.15) is 0 Å². The van der Waals surface area contributed by atoms with E-state index in [2.05, 4.69) is 11.9 Å². The van der Waals surface area contributed by atoms with Crippen LogP contribution < -0.4 is 4.98 Å². The van der Waals surface area contributed by atoms with Crippen LogP contribution in [-0.2, 0) is 0 Å². The molecule has 1 N–H and O–H groups in total. The normalized spacial score (nSPS) is 11.6. The molecule has 0 aliphatic heterocycles. The third-order valence-electron chi connectivity index (χ3n) is 1.13. The van der Waals surface area contributed by atoms with Gasteiger partial charge in [-0.3, -0.25) is 0 Å². The molecule has 0 bridgehead atoms. The van der Waals surface area contributed by atoms with Gasteiger partial charge in [0.25, 0.3) is 0 Å². The van der Waals surface area contributed by atoms with Crippen LogP contribution in [0.5, 0.6) is 0 Å². The summed E-state index contributed by atoms with van der Waals surface area (Å²) in [6, 6.07) is 3.02. The average molecular weight is 147 g/mol. The van der Waals surface area contributed by atoms with E-state index in [1.54, 1.807) is 0 Å². The minimum absolute atomic E-state index is 0.185. The van der Waals surface area contributed by atoms with Crippen molar-refractivity contribution in [3.63, 3.8) is 0 Å². The lowest BCUT2D eigenvalue weighted by atomic mass is 10.5. The van der Waals surface area contributed by atoms with Crippen LogP contribution in [-0.4, -0.2) is 26.5 Å². The first-order valence-electron chi connectivity index (χ1n) is 3.62. The average Bonchev–Trinajstić information content (AvgIpc) is 1.81. The zero-order valence-electron chi connectivity index (χ0n) is 6.04. The number of rotatable bonds is 5. The van der Waals surface area contributed by atoms with Crippen LogP contribution in [0.15, 0.2) is 0 Å². The molecule has 0 spiro atoms. The van der Waals surface area contributed by atoms with E-state index in [-0.39, 0.29) is 9.68 Å². The summed E-state index contributed by atoms with van der Waals surface area (Å²) in [4.78, 5) is 3.50. The fourth-order valence-electron chi connectivity index (χ4n) is 0.604. The Hall–Kier alpha value is 0.394. The molecule has 0 fully saturated rings. The number of hydrogen-bond acceptors (Lipinski definition) is 1. The van der Waals surface area contributed by atoms with Crippen LogP contribution in [0, 0.1) is 0 Å². The summed E-state index contributed by atoms with van der Waals surface area (Å²) in [6.07, 6.45) is 1.30. The van der Waals surface area contributed by atoms with Gasteiger partial charge < -0.3 is 4.98 Å². The van der Waals surface area contributed by atoms with E-state index in [4.69, 9.17) is 0 Å². The van der Waals surface area contributed by atoms with Gasteiger partial charge in [-0.25, -0.2) is 0 Å². The molecule has 0 aromatic heterocycles. The molecular weight excluding hydrogens is 130 g/mol. The Kier molecular flexibility index (Phi) is 7.76. The smallest absolute Gasteiger partial charge is 0.0913 e. The Morgan fingerprint density at radius 1 is 1.62 bits per heavy atom. The maximum atomic E-state index is 3.50. The quantitative estimate of drug-likeness (QED) is 0.399. The maximum absolute atomic E-state index is 3.50. The van der Waals surface area contributed by atoms with Gasteiger partial charge in [-0.2, -0.15) is 0 Å². The molecule has 0 aromatic rings. The van der Waals surface area contributed by atoms with Crippen LogP contribution in [0.4, 0.5) is 0 Å². The summed E-state index contributed by atoms with van der Waals surface area (Å²) >= 11 is 0. The van der Waals surface area contributed by atoms with Crippen LogP contribution in [0.1, 0.15) is 13.3 Å². The molecule has 8 heavy (non-hydrogen) atoms. The van der Waals surface area contributed by atoms with Gasteiger partial charge in [0.2, 0.25) is 0 Å². The fourth-order valence-corrected chi connectivity index (χ4v) is 2.87. The molecule has 0 aliphatic carbocycles. The van der Waals surface area contributed by atoms with Gasteiger partial charge in [-0.05, 0) is 13.0 Å². The highest BCUT2D eigenvalue weighted by atomic mass is 28.2. The Morgan fingerprint density at radius 2 is 2.38 bits per heavy atom. The molecule has 0 amide bonds. The highest BCUT2D eigenvalue weighted by Crippen LogP contribution is 1.79. The second-order valence-corrected chi connectivity index (χ2v) is 4.81. The largest absolute Gasteiger partial charge is 0.342 e. The van der Waals surface area contributed by atoms with Gasteiger partial charge in [0.15, 0.2) is 0 Å². The molecule has 0 aromatic carbocycles. The molecule has 0 saturated carbocycles. The Labute approximate surface area is 57.6 Å². The second-order valence-electron chi connectivity index (χ2n) is 2.10. The van der Waals surface area contributed by atoms with Crippen molar-refractivity contribution in [1.82, 2.24) is 4.98 Å². The molecule has 50 valence electrons. The summed E-state index contributed by atoms with van der Waals surface area (Å²) in [7, 11) is 1.59. The first-order chi connectivity index (χ1) is 3.91. The van der Waals surface area contributed by atoms with E-state index in [0.29, 0.717) is 0 Å². The molecule has 0 atom stereocenters. The van der Waals surface area contributed by atoms with E-state index in [0.717, 1.165) is 0 Å². The van der Waals surface area contributed by atoms with Crippen molar-refractivity contribution in [1.29, 1.82) is 0 Å². The lowest BCUT2D eigenvalue weighted by molar-refractivity contribution is 0.857. The summed E-state index contributed by atoms with van der Waals surface area (Å²) in [5.74, 6) is 0. The van der Waals surface area contributed by atoms with Crippen molar-refractivity contribution in [2.75, 3.05) is 6.54 Å². The Morgan fingerprint density at radius 3 is 2.88 bits per heavy atom. The Balaban J connectivity index is 2.53. The minimum atomic E-state index is 0.185. The summed E-state index contributed by atoms with van der Waals surface area (Å²) in [5, 5.41) is 0. The van der Waals surface area contributed by atoms with Gasteiger partial charge in [-0.1, -0.05) is 19.0 Å². The van der Waals surface area contributed by atoms with Gasteiger partial charge in [-0.15, -0.1) is 0 Å². The predicted octanol–water partition coefficient (Wildman–Crippen LogP) is -0.728. The SMILES string of the molecule is CCCN[SiH2]CC[SiH3]. The van der Waals surface area contributed by atoms with Crippen LogP contribution >= 0.6 is 0 Å². The topological polar surface area (TPSA) is 12.0 Å². The molecular formula is C5H17NSi2. The highest BCUT2D eigenvalue weighted by molar-refractivity contribution is 6.34. The zero-order chi connectivity index (χ0) is 6.24. The van der Waals surface area contributed by atoms with Crippen molar-refractivity contribution in [3.8, 4) is 0 Å². The number of hydrogen-bond donors (Lipinski definition) is 1. The summed E-state index contributed by atoms with van der Waals surface area (Å²) < 4.78 is 0. The molecule has 1 nitrogen and oxygen atoms in total. The van der Waals surface area contributed by atoms with Crippen LogP contribution in [0.3, 0.4) is 0 Å². The third kappa shape index (κ3) is 6.39. The summed E-state index contributed by atoms with van der Waals surface area (Å²) in [6.45, 7) is 3.48. The summed E-state index contributed by atoms with van der Waals surface area (Å²) in [5.41, 5.74) is 0. The zero-order valence-corrected chi connectivity index (χ0v) is 9.45. The molecule has 0 rings (SSSR count). The fraction of sp³-hybridized carbons (Fsp3) is 1.00. The van der Waals surface area contributed by atoms with E-state index >= 15 is 0 Å². The van der Waals surface area contributed by atoms with Crippen LogP contribution in [0.25, 0.3) is 0 Å². The molecule has 0 saturated heterocycles. The van der Waals surface area contributed by atoms with Gasteiger partial charge in [0, 0.05) is 10.2 Å². The molecule has 3 heteroatoms. The second kappa shape index (κ2) is 7.39. The van der Waals surface area contributed by atoms with Gasteiger partial charge in [0.05, 0.1) is 9.68 Å². The number of nitrogens with one attached hydrogen (secondary N) is 1. The van der Waals surface area contributed by atoms with E-state index < -0.39 is 0 Å². The Bertz CT molecular complexity index is 35.4. The maximum Gasteiger partial charge on any atom is 0.0913 e. The van der Waals surface area contributed by atoms with E-state index in [1.165, 1.54) is 35.3 Å². The van der Waals surface area contributed by atoms with Crippen molar-refractivity contribution < 1.29 is 0 Å². The monoisotopic (exact) mass is 147 g/mol. The van der Waals surface area contributed by atoms with E-state index in [9.17, 15) is 0 Å². The van der Waals surface area contributed by atoms with Crippen molar-refractivity contribution >= 4 is 19.9 Å². The molecule has 0 unspecified atom stereocenters. The highest BCUT2D eigenvalue weighted by Gasteiger charge is 1.82. The van der Waals surface area contributed by atoms with Gasteiger partial charge >= 0.3 is 0 Å². The molecule has 0 radical (unpaired) electrons. The molecule has 0 aliphatic rings. The molecule has 0 heterocycles. The van der Waals surface area contributed by atoms with E-state index in [1.807, 2.05) is 0 Å². The lowest BCUT2D eigenvalue weighted by Gasteiger charge is -1.97. The van der Waals surface area contributed by atoms with Crippen molar-refractivity contribution in [2.45, 2.75) is 25.4 Å². The van der Waals surface area contributed by atoms with Crippen molar-refractivity contribution in [3.05, 3.63) is 0 Å². The standard InChI is InChI=1S/C5H17NSi2/c1-2-3-6-8-5-4-7/h6H,2-5,8H2,1,7H3. The predicted molar refractivity (Wildman–Crippen MR) is 46.4 cm³/mol. The minimum Gasteiger partial charge on any atom is -0.342 e. The first-order valence-corrected chi connectivity index (χ1v) is 6.74. The van der Waals surface area contributed by atoms with Crippen molar-refractivity contribution in [2.24, 2.45) is 0 Å². The first kappa shape index (κ1) is 8.39.